The molecule has 390 valence electrons. The lowest BCUT2D eigenvalue weighted by Gasteiger charge is -2.34. The molecule has 1 saturated carbocycles. The molecule has 0 aromatic rings. The maximum absolute atomic E-state index is 13.0. The number of hydrogen-bond acceptors (Lipinski definition) is 13. The molecular formula is C46H80N6O16. The van der Waals surface area contributed by atoms with E-state index in [9.17, 15) is 58.5 Å². The minimum atomic E-state index is -1.24. The van der Waals surface area contributed by atoms with Crippen LogP contribution in [0.4, 0.5) is 0 Å². The van der Waals surface area contributed by atoms with Crippen molar-refractivity contribution < 1.29 is 77.4 Å². The summed E-state index contributed by atoms with van der Waals surface area (Å²) >= 11 is 0. The quantitative estimate of drug-likeness (QED) is 0.0395. The Bertz CT molecular complexity index is 1590. The zero-order valence-corrected chi connectivity index (χ0v) is 40.8. The van der Waals surface area contributed by atoms with Gasteiger partial charge in [0.15, 0.2) is 0 Å². The molecule has 0 aromatic heterocycles. The maximum Gasteiger partial charge on any atom is 0.326 e. The highest BCUT2D eigenvalue weighted by molar-refractivity contribution is 5.86. The van der Waals surface area contributed by atoms with E-state index in [1.54, 1.807) is 0 Å². The van der Waals surface area contributed by atoms with Crippen LogP contribution in [0.2, 0.25) is 0 Å². The molecule has 2 atom stereocenters. The number of hydrogen-bond donors (Lipinski definition) is 9. The van der Waals surface area contributed by atoms with Crippen LogP contribution in [-0.4, -0.2) is 160 Å². The van der Waals surface area contributed by atoms with E-state index in [1.165, 1.54) is 0 Å². The Morgan fingerprint density at radius 1 is 0.544 bits per heavy atom. The van der Waals surface area contributed by atoms with E-state index < -0.39 is 47.2 Å². The van der Waals surface area contributed by atoms with Crippen LogP contribution in [0.5, 0.6) is 0 Å². The number of carbonyl (C=O) groups excluding carboxylic acids is 6. The molecule has 0 spiro atoms. The van der Waals surface area contributed by atoms with Gasteiger partial charge in [-0.3, -0.25) is 33.6 Å². The third-order valence-corrected chi connectivity index (χ3v) is 11.0. The predicted octanol–water partition coefficient (Wildman–Crippen LogP) is 1.52. The molecular weight excluding hydrogens is 893 g/mol. The predicted molar refractivity (Wildman–Crippen MR) is 247 cm³/mol. The van der Waals surface area contributed by atoms with Crippen molar-refractivity contribution in [1.82, 2.24) is 31.9 Å². The molecule has 0 bridgehead atoms. The monoisotopic (exact) mass is 973 g/mol. The first-order chi connectivity index (χ1) is 32.1. The van der Waals surface area contributed by atoms with Crippen LogP contribution >= 0.6 is 0 Å². The number of carboxylic acids is 3. The minimum Gasteiger partial charge on any atom is -0.481 e. The third-order valence-electron chi connectivity index (χ3n) is 11.0. The molecule has 68 heavy (non-hydrogen) atoms. The summed E-state index contributed by atoms with van der Waals surface area (Å²) < 4.78 is 21.3. The van der Waals surface area contributed by atoms with Gasteiger partial charge in [0.25, 0.3) is 0 Å². The molecule has 0 aliphatic heterocycles. The molecule has 0 aromatic carbocycles. The molecule has 1 fully saturated rings. The Labute approximate surface area is 400 Å². The second kappa shape index (κ2) is 34.4. The van der Waals surface area contributed by atoms with Crippen LogP contribution in [0.25, 0.3) is 0 Å². The normalized spacial score (nSPS) is 15.8. The molecule has 6 amide bonds. The molecule has 0 saturated heterocycles. The summed E-state index contributed by atoms with van der Waals surface area (Å²) in [5, 5.41) is 44.3. The number of carbonyl (C=O) groups is 9. The molecule has 22 heteroatoms. The second-order valence-corrected chi connectivity index (χ2v) is 18.8. The molecule has 1 aliphatic rings. The van der Waals surface area contributed by atoms with Crippen molar-refractivity contribution in [2.24, 2.45) is 22.7 Å². The van der Waals surface area contributed by atoms with Crippen molar-refractivity contribution in [3.05, 3.63) is 0 Å². The zero-order chi connectivity index (χ0) is 51.0. The van der Waals surface area contributed by atoms with Gasteiger partial charge in [-0.2, -0.15) is 0 Å². The van der Waals surface area contributed by atoms with Gasteiger partial charge in [-0.1, -0.05) is 34.6 Å². The molecule has 0 heterocycles. The summed E-state index contributed by atoms with van der Waals surface area (Å²) in [5.41, 5.74) is -0.836. The van der Waals surface area contributed by atoms with Gasteiger partial charge >= 0.3 is 17.9 Å². The van der Waals surface area contributed by atoms with Crippen LogP contribution < -0.4 is 31.9 Å². The lowest BCUT2D eigenvalue weighted by Crippen LogP contribution is -2.45. The first-order valence-electron chi connectivity index (χ1n) is 23.8. The molecule has 2 unspecified atom stereocenters. The second-order valence-electron chi connectivity index (χ2n) is 18.8. The minimum absolute atomic E-state index is 0.0186. The van der Waals surface area contributed by atoms with E-state index in [0.29, 0.717) is 64.5 Å². The fourth-order valence-corrected chi connectivity index (χ4v) is 7.98. The number of carboxylic acid groups (broad SMARTS) is 3. The van der Waals surface area contributed by atoms with Crippen LogP contribution in [0.1, 0.15) is 125 Å². The van der Waals surface area contributed by atoms with Gasteiger partial charge in [0.2, 0.25) is 35.4 Å². The Morgan fingerprint density at radius 2 is 1.06 bits per heavy atom. The average molecular weight is 973 g/mol. The van der Waals surface area contributed by atoms with Crippen molar-refractivity contribution in [3.63, 3.8) is 0 Å². The lowest BCUT2D eigenvalue weighted by molar-refractivity contribution is -0.143. The summed E-state index contributed by atoms with van der Waals surface area (Å²) in [7, 11) is 0. The third kappa shape index (κ3) is 31.2. The molecule has 1 rings (SSSR count). The average Bonchev–Trinajstić information content (AvgIpc) is 3.24. The SMILES string of the molecule is CCCC(=O)NCCCCC(NC(=O)COCCOCCNC(=O)COCCOCCNC(=O)CCC(NC(=O)C1CCC(CNC(=O)CC(C)(C)CC(C)(C)CC(=O)O)CC1)C(=O)O)C(=O)O. The van der Waals surface area contributed by atoms with Gasteiger partial charge in [0.05, 0.1) is 46.1 Å². The van der Waals surface area contributed by atoms with E-state index in [1.807, 2.05) is 34.6 Å². The van der Waals surface area contributed by atoms with E-state index in [2.05, 4.69) is 31.9 Å². The standard InChI is InChI=1S/C46H80N6O16/c1-6-9-36(53)47-17-8-7-10-34(43(61)62)51-40(57)30-68-25-23-66-21-19-49-39(56)29-67-24-22-65-20-18-48-37(54)16-15-35(44(63)64)52-42(60)33-13-11-32(12-14-33)28-50-38(55)26-45(2,3)31-46(4,5)27-41(58)59/h32-35H,6-31H2,1-5H3,(H,47,53)(H,48,54)(H,49,56)(H,50,55)(H,51,57)(H,52,60)(H,58,59)(H,61,62)(H,63,64). The van der Waals surface area contributed by atoms with Crippen LogP contribution in [0.15, 0.2) is 0 Å². The lowest BCUT2D eigenvalue weighted by atomic mass is 9.71. The highest BCUT2D eigenvalue weighted by atomic mass is 16.5. The van der Waals surface area contributed by atoms with Gasteiger partial charge in [0, 0.05) is 51.4 Å². The van der Waals surface area contributed by atoms with Crippen molar-refractivity contribution >= 4 is 53.4 Å². The Kier molecular flexibility index (Phi) is 30.9. The zero-order valence-electron chi connectivity index (χ0n) is 40.8. The highest BCUT2D eigenvalue weighted by Crippen LogP contribution is 2.38. The number of ether oxygens (including phenoxy) is 4. The van der Waals surface area contributed by atoms with E-state index >= 15 is 0 Å². The van der Waals surface area contributed by atoms with E-state index in [-0.39, 0.29) is 139 Å². The van der Waals surface area contributed by atoms with Gasteiger partial charge in [-0.05, 0) is 81.0 Å². The van der Waals surface area contributed by atoms with E-state index in [0.717, 1.165) is 6.42 Å². The Balaban J connectivity index is 2.11. The fourth-order valence-electron chi connectivity index (χ4n) is 7.98. The number of amides is 6. The smallest absolute Gasteiger partial charge is 0.326 e. The summed E-state index contributed by atoms with van der Waals surface area (Å²) in [6.07, 6.45) is 5.58. The first-order valence-corrected chi connectivity index (χ1v) is 23.8. The Hall–Kier alpha value is -4.93. The molecule has 22 nitrogen and oxygen atoms in total. The summed E-state index contributed by atoms with van der Waals surface area (Å²) in [5.74, 6) is -5.36. The Morgan fingerprint density at radius 3 is 1.63 bits per heavy atom. The fraction of sp³-hybridized carbons (Fsp3) is 0.804. The number of rotatable bonds is 39. The topological polar surface area (TPSA) is 323 Å². The van der Waals surface area contributed by atoms with Crippen molar-refractivity contribution in [3.8, 4) is 0 Å². The van der Waals surface area contributed by atoms with Gasteiger partial charge < -0.3 is 66.2 Å². The van der Waals surface area contributed by atoms with Gasteiger partial charge in [-0.25, -0.2) is 9.59 Å². The first kappa shape index (κ1) is 61.1. The largest absolute Gasteiger partial charge is 0.481 e. The van der Waals surface area contributed by atoms with E-state index in [4.69, 9.17) is 18.9 Å². The highest BCUT2D eigenvalue weighted by Gasteiger charge is 2.33. The van der Waals surface area contributed by atoms with Crippen LogP contribution in [-0.2, 0) is 62.1 Å². The number of nitrogens with one attached hydrogen (secondary N) is 6. The summed E-state index contributed by atoms with van der Waals surface area (Å²) in [6, 6.07) is -2.30. The van der Waals surface area contributed by atoms with Crippen molar-refractivity contribution in [2.45, 2.75) is 137 Å². The van der Waals surface area contributed by atoms with Crippen LogP contribution in [0, 0.1) is 22.7 Å². The summed E-state index contributed by atoms with van der Waals surface area (Å²) in [6.45, 7) is 11.1. The molecule has 0 radical (unpaired) electrons. The molecule has 1 aliphatic carbocycles. The van der Waals surface area contributed by atoms with Gasteiger partial charge in [0.1, 0.15) is 25.3 Å². The van der Waals surface area contributed by atoms with Gasteiger partial charge in [-0.15, -0.1) is 0 Å². The number of unbranched alkanes of at least 4 members (excludes halogenated alkanes) is 1. The summed E-state index contributed by atoms with van der Waals surface area (Å²) in [4.78, 5) is 108. The van der Waals surface area contributed by atoms with Crippen molar-refractivity contribution in [1.29, 1.82) is 0 Å². The maximum atomic E-state index is 13.0. The van der Waals surface area contributed by atoms with Crippen molar-refractivity contribution in [2.75, 3.05) is 79.0 Å². The molecule has 9 N–H and O–H groups in total. The van der Waals surface area contributed by atoms with Crippen LogP contribution in [0.3, 0.4) is 0 Å². The number of aliphatic carboxylic acids is 3.